The molecule has 0 aromatic heterocycles. The Morgan fingerprint density at radius 2 is 1.70 bits per heavy atom. The smallest absolute Gasteiger partial charge is 0.231 e. The van der Waals surface area contributed by atoms with Crippen molar-refractivity contribution in [3.8, 4) is 0 Å². The van der Waals surface area contributed by atoms with Crippen LogP contribution in [0.4, 0.5) is 0 Å². The van der Waals surface area contributed by atoms with E-state index in [-0.39, 0.29) is 0 Å². The summed E-state index contributed by atoms with van der Waals surface area (Å²) in [4.78, 5) is 0. The first kappa shape index (κ1) is 12.2. The number of nitrogens with one attached hydrogen (secondary N) is 1. The summed E-state index contributed by atoms with van der Waals surface area (Å²) >= 11 is 0. The van der Waals surface area contributed by atoms with E-state index >= 15 is 0 Å². The van der Waals surface area contributed by atoms with Gasteiger partial charge in [-0.25, -0.2) is 0 Å². The molecule has 0 amide bonds. The lowest BCUT2D eigenvalue weighted by atomic mass is 10.4. The summed E-state index contributed by atoms with van der Waals surface area (Å²) in [5.41, 5.74) is 0. The average molecular weight is 145 g/mol. The van der Waals surface area contributed by atoms with Crippen LogP contribution < -0.4 is 5.32 Å². The minimum absolute atomic E-state index is 0.586. The van der Waals surface area contributed by atoms with Gasteiger partial charge in [0, 0.05) is 0 Å². The van der Waals surface area contributed by atoms with E-state index in [4.69, 9.17) is 0 Å². The predicted molar refractivity (Wildman–Crippen MR) is 47.8 cm³/mol. The van der Waals surface area contributed by atoms with E-state index in [1.807, 2.05) is 34.3 Å². The molecule has 62 valence electrons. The van der Waals surface area contributed by atoms with E-state index in [9.17, 15) is 0 Å². The normalized spacial score (nSPS) is 10.5. The van der Waals surface area contributed by atoms with Crippen LogP contribution in [0.3, 0.4) is 0 Å². The molecule has 0 aromatic rings. The number of rotatable bonds is 2. The van der Waals surface area contributed by atoms with Crippen molar-refractivity contribution >= 4 is 6.34 Å². The molecule has 0 saturated carbocycles. The number of hydrogen-bond donors (Lipinski definition) is 1. The van der Waals surface area contributed by atoms with E-state index in [0.717, 1.165) is 0 Å². The molecule has 0 atom stereocenters. The molecule has 10 heavy (non-hydrogen) atoms. The van der Waals surface area contributed by atoms with Crippen LogP contribution in [-0.4, -0.2) is 31.1 Å². The Kier molecular flexibility index (Phi) is 10.3. The predicted octanol–water partition coefficient (Wildman–Crippen LogP) is 1.31. The summed E-state index contributed by atoms with van der Waals surface area (Å²) < 4.78 is 2.11. The standard InChI is InChI=1S/C6H14N2.C2H6/c1-6(2)8(4)5-7-3;1-2/h5-6H,1-4H3;1-2H3/p+1. The van der Waals surface area contributed by atoms with Crippen molar-refractivity contribution in [1.82, 2.24) is 5.32 Å². The van der Waals surface area contributed by atoms with Crippen LogP contribution in [0.1, 0.15) is 27.7 Å². The van der Waals surface area contributed by atoms with Gasteiger partial charge in [-0.05, 0) is 13.8 Å². The SMILES string of the molecule is CC.CNC=[N+](C)C(C)C. The average Bonchev–Trinajstić information content (AvgIpc) is 1.93. The lowest BCUT2D eigenvalue weighted by Crippen LogP contribution is -2.22. The van der Waals surface area contributed by atoms with Crippen LogP contribution >= 0.6 is 0 Å². The molecule has 2 nitrogen and oxygen atoms in total. The molecule has 0 fully saturated rings. The Morgan fingerprint density at radius 1 is 1.30 bits per heavy atom. The first-order valence-electron chi connectivity index (χ1n) is 3.91. The van der Waals surface area contributed by atoms with Crippen molar-refractivity contribution in [2.75, 3.05) is 14.1 Å². The molecular weight excluding hydrogens is 124 g/mol. The van der Waals surface area contributed by atoms with Crippen LogP contribution in [0.15, 0.2) is 0 Å². The van der Waals surface area contributed by atoms with Crippen LogP contribution in [0, 0.1) is 0 Å². The monoisotopic (exact) mass is 145 g/mol. The largest absolute Gasteiger partial charge is 0.284 e. The molecular formula is C8H21N2+. The van der Waals surface area contributed by atoms with Gasteiger partial charge in [0.05, 0.1) is 20.1 Å². The van der Waals surface area contributed by atoms with E-state index in [2.05, 4.69) is 23.7 Å². The zero-order valence-electron chi connectivity index (χ0n) is 8.10. The Bertz CT molecular complexity index is 85.3. The highest BCUT2D eigenvalue weighted by atomic mass is 15.1. The van der Waals surface area contributed by atoms with Crippen molar-refractivity contribution in [3.63, 3.8) is 0 Å². The highest BCUT2D eigenvalue weighted by molar-refractivity contribution is 5.47. The highest BCUT2D eigenvalue weighted by Gasteiger charge is 1.94. The van der Waals surface area contributed by atoms with Crippen molar-refractivity contribution in [2.45, 2.75) is 33.7 Å². The molecule has 0 unspecified atom stereocenters. The van der Waals surface area contributed by atoms with E-state index in [1.165, 1.54) is 0 Å². The van der Waals surface area contributed by atoms with Crippen molar-refractivity contribution in [2.24, 2.45) is 0 Å². The minimum atomic E-state index is 0.586. The first-order chi connectivity index (χ1) is 4.68. The van der Waals surface area contributed by atoms with E-state index < -0.39 is 0 Å². The third kappa shape index (κ3) is 7.47. The summed E-state index contributed by atoms with van der Waals surface area (Å²) in [7, 11) is 3.94. The van der Waals surface area contributed by atoms with Gasteiger partial charge in [0.2, 0.25) is 6.34 Å². The first-order valence-corrected chi connectivity index (χ1v) is 3.91. The molecule has 0 aliphatic carbocycles. The summed E-state index contributed by atoms with van der Waals surface area (Å²) in [5.74, 6) is 0. The summed E-state index contributed by atoms with van der Waals surface area (Å²) in [6.45, 7) is 8.29. The molecule has 0 aliphatic heterocycles. The fraction of sp³-hybridized carbons (Fsp3) is 0.875. The van der Waals surface area contributed by atoms with Crippen molar-refractivity contribution < 1.29 is 4.58 Å². The zero-order chi connectivity index (χ0) is 8.57. The fourth-order valence-electron chi connectivity index (χ4n) is 0.353. The molecule has 0 bridgehead atoms. The van der Waals surface area contributed by atoms with Crippen molar-refractivity contribution in [1.29, 1.82) is 0 Å². The van der Waals surface area contributed by atoms with Gasteiger partial charge in [0.1, 0.15) is 0 Å². The quantitative estimate of drug-likeness (QED) is 0.352. The summed E-state index contributed by atoms with van der Waals surface area (Å²) in [6, 6.07) is 0.586. The Morgan fingerprint density at radius 3 is 1.80 bits per heavy atom. The Labute approximate surface area is 65.0 Å². The third-order valence-electron chi connectivity index (χ3n) is 1.15. The molecule has 0 saturated heterocycles. The second-order valence-electron chi connectivity index (χ2n) is 2.18. The van der Waals surface area contributed by atoms with Crippen LogP contribution in [-0.2, 0) is 0 Å². The number of hydrogen-bond acceptors (Lipinski definition) is 0. The van der Waals surface area contributed by atoms with Gasteiger partial charge in [0.25, 0.3) is 0 Å². The van der Waals surface area contributed by atoms with E-state index in [1.54, 1.807) is 0 Å². The van der Waals surface area contributed by atoms with Crippen LogP contribution in [0.5, 0.6) is 0 Å². The van der Waals surface area contributed by atoms with Crippen LogP contribution in [0.2, 0.25) is 0 Å². The third-order valence-corrected chi connectivity index (χ3v) is 1.15. The molecule has 1 N–H and O–H groups in total. The second kappa shape index (κ2) is 8.47. The van der Waals surface area contributed by atoms with Gasteiger partial charge in [0.15, 0.2) is 0 Å². The van der Waals surface area contributed by atoms with Gasteiger partial charge in [-0.3, -0.25) is 9.89 Å². The minimum Gasteiger partial charge on any atom is -0.284 e. The maximum Gasteiger partial charge on any atom is 0.231 e. The van der Waals surface area contributed by atoms with Gasteiger partial charge in [-0.1, -0.05) is 13.8 Å². The lowest BCUT2D eigenvalue weighted by molar-refractivity contribution is -0.526. The van der Waals surface area contributed by atoms with Gasteiger partial charge in [-0.2, -0.15) is 0 Å². The lowest BCUT2D eigenvalue weighted by Gasteiger charge is -2.01. The maximum absolute atomic E-state index is 2.95. The molecule has 0 spiro atoms. The fourth-order valence-corrected chi connectivity index (χ4v) is 0.353. The second-order valence-corrected chi connectivity index (χ2v) is 2.18. The van der Waals surface area contributed by atoms with Crippen LogP contribution in [0.25, 0.3) is 0 Å². The Balaban J connectivity index is 0. The summed E-state index contributed by atoms with van der Waals surface area (Å²) in [6.07, 6.45) is 1.95. The Hall–Kier alpha value is -0.530. The summed E-state index contributed by atoms with van der Waals surface area (Å²) in [5, 5.41) is 2.95. The van der Waals surface area contributed by atoms with Gasteiger partial charge in [-0.15, -0.1) is 0 Å². The number of nitrogens with zero attached hydrogens (tertiary/aromatic N) is 1. The maximum atomic E-state index is 2.95. The molecule has 2 heteroatoms. The van der Waals surface area contributed by atoms with Gasteiger partial charge < -0.3 is 0 Å². The van der Waals surface area contributed by atoms with E-state index in [0.29, 0.717) is 6.04 Å². The van der Waals surface area contributed by atoms with Crippen molar-refractivity contribution in [3.05, 3.63) is 0 Å². The zero-order valence-corrected chi connectivity index (χ0v) is 8.10. The highest BCUT2D eigenvalue weighted by Crippen LogP contribution is 1.79. The molecule has 0 radical (unpaired) electrons. The topological polar surface area (TPSA) is 15.0 Å². The molecule has 0 aromatic carbocycles. The molecule has 0 heterocycles. The van der Waals surface area contributed by atoms with Gasteiger partial charge >= 0.3 is 0 Å². The molecule has 0 aliphatic rings. The molecule has 0 rings (SSSR count).